The molecule has 1 saturated carbocycles. The normalized spacial score (nSPS) is 25.3. The lowest BCUT2D eigenvalue weighted by Crippen LogP contribution is -2.32. The van der Waals surface area contributed by atoms with Crippen molar-refractivity contribution < 1.29 is 4.74 Å². The maximum absolute atomic E-state index is 5.80. The standard InChI is InChI=1S/C17H25Br2NO/c1-4-12-6-7-16(11(12)3)20-10-13-8-14(18)9-15(19)17(13)21-5-2/h8-9,11-12,16,20H,4-7,10H2,1-3H3. The summed E-state index contributed by atoms with van der Waals surface area (Å²) in [6.45, 7) is 8.27. The molecular formula is C17H25Br2NO. The lowest BCUT2D eigenvalue weighted by atomic mass is 9.93. The van der Waals surface area contributed by atoms with Crippen molar-refractivity contribution in [3.8, 4) is 5.75 Å². The second-order valence-corrected chi connectivity index (χ2v) is 7.67. The molecule has 2 nitrogen and oxygen atoms in total. The number of hydrogen-bond donors (Lipinski definition) is 1. The van der Waals surface area contributed by atoms with E-state index in [1.807, 2.05) is 13.0 Å². The number of ether oxygens (including phenoxy) is 1. The molecule has 1 N–H and O–H groups in total. The summed E-state index contributed by atoms with van der Waals surface area (Å²) in [6.07, 6.45) is 3.95. The van der Waals surface area contributed by atoms with Gasteiger partial charge in [-0.05, 0) is 59.7 Å². The lowest BCUT2D eigenvalue weighted by molar-refractivity contribution is 0.324. The second-order valence-electron chi connectivity index (χ2n) is 5.90. The molecule has 1 aromatic rings. The Hall–Kier alpha value is -0.0600. The Kier molecular flexibility index (Phi) is 6.57. The zero-order chi connectivity index (χ0) is 15.4. The third-order valence-electron chi connectivity index (χ3n) is 4.68. The van der Waals surface area contributed by atoms with Crippen LogP contribution < -0.4 is 10.1 Å². The topological polar surface area (TPSA) is 21.3 Å². The molecule has 1 aromatic carbocycles. The van der Waals surface area contributed by atoms with Crippen LogP contribution in [0.3, 0.4) is 0 Å². The third kappa shape index (κ3) is 4.23. The molecule has 0 saturated heterocycles. The predicted molar refractivity (Wildman–Crippen MR) is 95.8 cm³/mol. The van der Waals surface area contributed by atoms with Crippen molar-refractivity contribution in [1.29, 1.82) is 0 Å². The Morgan fingerprint density at radius 2 is 2.00 bits per heavy atom. The van der Waals surface area contributed by atoms with E-state index in [1.165, 1.54) is 24.8 Å². The summed E-state index contributed by atoms with van der Waals surface area (Å²) < 4.78 is 7.90. The summed E-state index contributed by atoms with van der Waals surface area (Å²) in [5.74, 6) is 2.61. The first kappa shape index (κ1) is 17.3. The van der Waals surface area contributed by atoms with Crippen molar-refractivity contribution in [3.63, 3.8) is 0 Å². The Labute approximate surface area is 145 Å². The molecule has 0 aliphatic heterocycles. The van der Waals surface area contributed by atoms with Crippen LogP contribution in [-0.2, 0) is 6.54 Å². The minimum atomic E-state index is 0.627. The second kappa shape index (κ2) is 7.98. The van der Waals surface area contributed by atoms with Gasteiger partial charge in [-0.2, -0.15) is 0 Å². The summed E-state index contributed by atoms with van der Waals surface area (Å²) in [4.78, 5) is 0. The fraction of sp³-hybridized carbons (Fsp3) is 0.647. The molecule has 0 aromatic heterocycles. The first-order valence-electron chi connectivity index (χ1n) is 7.90. The van der Waals surface area contributed by atoms with E-state index in [2.05, 4.69) is 57.1 Å². The van der Waals surface area contributed by atoms with Crippen molar-refractivity contribution in [1.82, 2.24) is 5.32 Å². The minimum Gasteiger partial charge on any atom is -0.492 e. The molecule has 21 heavy (non-hydrogen) atoms. The van der Waals surface area contributed by atoms with Crippen molar-refractivity contribution in [2.45, 2.75) is 52.6 Å². The van der Waals surface area contributed by atoms with E-state index in [0.29, 0.717) is 12.6 Å². The van der Waals surface area contributed by atoms with E-state index in [1.54, 1.807) is 0 Å². The van der Waals surface area contributed by atoms with Gasteiger partial charge in [-0.1, -0.05) is 36.2 Å². The highest BCUT2D eigenvalue weighted by atomic mass is 79.9. The van der Waals surface area contributed by atoms with Crippen LogP contribution in [0.25, 0.3) is 0 Å². The van der Waals surface area contributed by atoms with E-state index in [9.17, 15) is 0 Å². The van der Waals surface area contributed by atoms with Gasteiger partial charge in [0.15, 0.2) is 0 Å². The minimum absolute atomic E-state index is 0.627. The number of rotatable bonds is 6. The van der Waals surface area contributed by atoms with Crippen LogP contribution in [0.1, 0.15) is 45.6 Å². The van der Waals surface area contributed by atoms with Gasteiger partial charge in [-0.15, -0.1) is 0 Å². The lowest BCUT2D eigenvalue weighted by Gasteiger charge is -2.22. The van der Waals surface area contributed by atoms with E-state index < -0.39 is 0 Å². The number of hydrogen-bond acceptors (Lipinski definition) is 2. The van der Waals surface area contributed by atoms with Crippen LogP contribution in [0, 0.1) is 11.8 Å². The van der Waals surface area contributed by atoms with Crippen LogP contribution >= 0.6 is 31.9 Å². The summed E-state index contributed by atoms with van der Waals surface area (Å²) in [5, 5.41) is 3.74. The molecule has 3 unspecified atom stereocenters. The number of halogens is 2. The quantitative estimate of drug-likeness (QED) is 0.656. The van der Waals surface area contributed by atoms with Gasteiger partial charge in [-0.25, -0.2) is 0 Å². The van der Waals surface area contributed by atoms with Gasteiger partial charge < -0.3 is 10.1 Å². The van der Waals surface area contributed by atoms with Gasteiger partial charge in [0.1, 0.15) is 5.75 Å². The highest BCUT2D eigenvalue weighted by molar-refractivity contribution is 9.11. The molecule has 3 atom stereocenters. The predicted octanol–water partition coefficient (Wildman–Crippen LogP) is 5.52. The van der Waals surface area contributed by atoms with E-state index >= 15 is 0 Å². The molecule has 1 aliphatic rings. The molecule has 0 bridgehead atoms. The largest absolute Gasteiger partial charge is 0.492 e. The average molecular weight is 419 g/mol. The van der Waals surface area contributed by atoms with Crippen LogP contribution in [0.5, 0.6) is 5.75 Å². The van der Waals surface area contributed by atoms with Gasteiger partial charge in [0.25, 0.3) is 0 Å². The van der Waals surface area contributed by atoms with E-state index in [-0.39, 0.29) is 0 Å². The average Bonchev–Trinajstić information content (AvgIpc) is 2.80. The monoisotopic (exact) mass is 417 g/mol. The summed E-state index contributed by atoms with van der Waals surface area (Å²) in [6, 6.07) is 4.82. The Morgan fingerprint density at radius 3 is 2.62 bits per heavy atom. The molecular weight excluding hydrogens is 394 g/mol. The maximum atomic E-state index is 5.80. The molecule has 1 fully saturated rings. The van der Waals surface area contributed by atoms with Crippen LogP contribution in [-0.4, -0.2) is 12.6 Å². The highest BCUT2D eigenvalue weighted by Gasteiger charge is 2.31. The van der Waals surface area contributed by atoms with Gasteiger partial charge in [-0.3, -0.25) is 0 Å². The van der Waals surface area contributed by atoms with Gasteiger partial charge >= 0.3 is 0 Å². The Balaban J connectivity index is 2.06. The number of benzene rings is 1. The molecule has 4 heteroatoms. The van der Waals surface area contributed by atoms with Crippen molar-refractivity contribution in [3.05, 3.63) is 26.6 Å². The highest BCUT2D eigenvalue weighted by Crippen LogP contribution is 2.36. The fourth-order valence-electron chi connectivity index (χ4n) is 3.40. The van der Waals surface area contributed by atoms with Crippen LogP contribution in [0.4, 0.5) is 0 Å². The third-order valence-corrected chi connectivity index (χ3v) is 5.73. The molecule has 0 spiro atoms. The maximum Gasteiger partial charge on any atom is 0.138 e. The van der Waals surface area contributed by atoms with Crippen LogP contribution in [0.2, 0.25) is 0 Å². The molecule has 2 rings (SSSR count). The molecule has 0 radical (unpaired) electrons. The molecule has 0 amide bonds. The van der Waals surface area contributed by atoms with Crippen molar-refractivity contribution in [2.24, 2.45) is 11.8 Å². The van der Waals surface area contributed by atoms with Crippen molar-refractivity contribution in [2.75, 3.05) is 6.61 Å². The van der Waals surface area contributed by atoms with Gasteiger partial charge in [0.2, 0.25) is 0 Å². The Morgan fingerprint density at radius 1 is 1.24 bits per heavy atom. The van der Waals surface area contributed by atoms with Gasteiger partial charge in [0, 0.05) is 22.6 Å². The molecule has 0 heterocycles. The smallest absolute Gasteiger partial charge is 0.138 e. The van der Waals surface area contributed by atoms with Gasteiger partial charge in [0.05, 0.1) is 11.1 Å². The van der Waals surface area contributed by atoms with Crippen LogP contribution in [0.15, 0.2) is 21.1 Å². The molecule has 118 valence electrons. The summed E-state index contributed by atoms with van der Waals surface area (Å²) in [7, 11) is 0. The summed E-state index contributed by atoms with van der Waals surface area (Å²) >= 11 is 7.17. The Bertz CT molecular complexity index is 478. The zero-order valence-corrected chi connectivity index (χ0v) is 16.3. The zero-order valence-electron chi connectivity index (χ0n) is 13.1. The first-order valence-corrected chi connectivity index (χ1v) is 9.49. The fourth-order valence-corrected chi connectivity index (χ4v) is 4.83. The van der Waals surface area contributed by atoms with E-state index in [0.717, 1.165) is 33.1 Å². The summed E-state index contributed by atoms with van der Waals surface area (Å²) in [5.41, 5.74) is 1.21. The molecule has 1 aliphatic carbocycles. The van der Waals surface area contributed by atoms with E-state index in [4.69, 9.17) is 4.74 Å². The van der Waals surface area contributed by atoms with Crippen molar-refractivity contribution >= 4 is 31.9 Å². The first-order chi connectivity index (χ1) is 10.1. The number of nitrogens with one attached hydrogen (secondary N) is 1. The SMILES string of the molecule is CCOc1c(Br)cc(Br)cc1CNC1CCC(CC)C1C.